The monoisotopic (exact) mass is 302 g/mol. The Balaban J connectivity index is 2.19. The first-order valence-electron chi connectivity index (χ1n) is 5.96. The van der Waals surface area contributed by atoms with Crippen molar-refractivity contribution in [2.24, 2.45) is 5.73 Å². The molecule has 2 heterocycles. The molecule has 0 spiro atoms. The van der Waals surface area contributed by atoms with Gasteiger partial charge in [0.15, 0.2) is 0 Å². The van der Waals surface area contributed by atoms with Crippen LogP contribution in [0.4, 0.5) is 0 Å². The van der Waals surface area contributed by atoms with E-state index in [-0.39, 0.29) is 6.04 Å². The third-order valence-electron chi connectivity index (χ3n) is 3.29. The number of thiophene rings is 1. The Morgan fingerprint density at radius 3 is 2.69 bits per heavy atom. The summed E-state index contributed by atoms with van der Waals surface area (Å²) in [4.78, 5) is 3.95. The Bertz CT molecular complexity index is 334. The van der Waals surface area contributed by atoms with Gasteiger partial charge in [-0.25, -0.2) is 0 Å². The second-order valence-electron chi connectivity index (χ2n) is 4.43. The second kappa shape index (κ2) is 5.63. The van der Waals surface area contributed by atoms with E-state index >= 15 is 0 Å². The number of hydrogen-bond acceptors (Lipinski definition) is 3. The van der Waals surface area contributed by atoms with Gasteiger partial charge in [0, 0.05) is 20.8 Å². The first-order chi connectivity index (χ1) is 7.72. The molecule has 2 unspecified atom stereocenters. The van der Waals surface area contributed by atoms with E-state index in [2.05, 4.69) is 39.2 Å². The molecule has 90 valence electrons. The molecule has 0 radical (unpaired) electrons. The van der Waals surface area contributed by atoms with E-state index in [9.17, 15) is 0 Å². The summed E-state index contributed by atoms with van der Waals surface area (Å²) < 4.78 is 1.18. The summed E-state index contributed by atoms with van der Waals surface area (Å²) in [5.41, 5.74) is 6.29. The fourth-order valence-corrected chi connectivity index (χ4v) is 4.04. The van der Waals surface area contributed by atoms with Gasteiger partial charge in [-0.05, 0) is 54.3 Å². The third kappa shape index (κ3) is 2.67. The molecule has 1 fully saturated rings. The minimum Gasteiger partial charge on any atom is -0.326 e. The van der Waals surface area contributed by atoms with Gasteiger partial charge in [-0.1, -0.05) is 6.92 Å². The van der Waals surface area contributed by atoms with Crippen LogP contribution in [0.3, 0.4) is 0 Å². The molecule has 1 aromatic rings. The van der Waals surface area contributed by atoms with Gasteiger partial charge in [0.25, 0.3) is 0 Å². The van der Waals surface area contributed by atoms with Crippen LogP contribution >= 0.6 is 27.3 Å². The van der Waals surface area contributed by atoms with Crippen LogP contribution in [0.25, 0.3) is 0 Å². The van der Waals surface area contributed by atoms with Crippen molar-refractivity contribution in [1.29, 1.82) is 0 Å². The van der Waals surface area contributed by atoms with E-state index in [4.69, 9.17) is 5.73 Å². The molecule has 2 atom stereocenters. The van der Waals surface area contributed by atoms with E-state index in [1.807, 2.05) is 11.3 Å². The van der Waals surface area contributed by atoms with Crippen LogP contribution in [-0.2, 0) is 0 Å². The maximum absolute atomic E-state index is 6.29. The fraction of sp³-hybridized carbons (Fsp3) is 0.667. The first-order valence-corrected chi connectivity index (χ1v) is 7.63. The summed E-state index contributed by atoms with van der Waals surface area (Å²) in [6.45, 7) is 4.58. The number of rotatable bonds is 4. The number of hydrogen-bond donors (Lipinski definition) is 1. The lowest BCUT2D eigenvalue weighted by Gasteiger charge is -2.31. The molecule has 0 saturated carbocycles. The van der Waals surface area contributed by atoms with Crippen molar-refractivity contribution in [1.82, 2.24) is 4.90 Å². The Labute approximate surface area is 110 Å². The van der Waals surface area contributed by atoms with Crippen LogP contribution in [0.1, 0.15) is 37.1 Å². The van der Waals surface area contributed by atoms with Gasteiger partial charge in [-0.3, -0.25) is 4.90 Å². The van der Waals surface area contributed by atoms with Crippen molar-refractivity contribution in [3.05, 3.63) is 20.8 Å². The molecule has 0 aromatic carbocycles. The highest BCUT2D eigenvalue weighted by Crippen LogP contribution is 2.34. The zero-order valence-corrected chi connectivity index (χ0v) is 12.1. The number of halogens is 1. The molecule has 1 saturated heterocycles. The molecular formula is C12H19BrN2S. The standard InChI is InChI=1S/C12H19BrN2S/c1-2-10(14)12(15-5-3-4-6-15)11-7-9(13)8-16-11/h7-8,10,12H,2-6,14H2,1H3. The molecular weight excluding hydrogens is 284 g/mol. The van der Waals surface area contributed by atoms with E-state index in [0.717, 1.165) is 6.42 Å². The van der Waals surface area contributed by atoms with E-state index < -0.39 is 0 Å². The quantitative estimate of drug-likeness (QED) is 0.924. The second-order valence-corrected chi connectivity index (χ2v) is 6.29. The summed E-state index contributed by atoms with van der Waals surface area (Å²) in [6.07, 6.45) is 3.68. The van der Waals surface area contributed by atoms with Gasteiger partial charge in [-0.15, -0.1) is 11.3 Å². The van der Waals surface area contributed by atoms with E-state index in [1.165, 1.54) is 35.3 Å². The Kier molecular flexibility index (Phi) is 4.41. The number of nitrogens with zero attached hydrogens (tertiary/aromatic N) is 1. The van der Waals surface area contributed by atoms with Crippen molar-refractivity contribution >= 4 is 27.3 Å². The molecule has 1 aliphatic heterocycles. The van der Waals surface area contributed by atoms with Crippen LogP contribution in [-0.4, -0.2) is 24.0 Å². The van der Waals surface area contributed by atoms with Crippen molar-refractivity contribution in [2.75, 3.05) is 13.1 Å². The molecule has 1 aliphatic rings. The van der Waals surface area contributed by atoms with Crippen LogP contribution in [0.15, 0.2) is 15.9 Å². The van der Waals surface area contributed by atoms with Gasteiger partial charge in [0.05, 0.1) is 6.04 Å². The third-order valence-corrected chi connectivity index (χ3v) is 5.05. The number of nitrogens with two attached hydrogens (primary N) is 1. The summed E-state index contributed by atoms with van der Waals surface area (Å²) in [6, 6.07) is 2.90. The zero-order chi connectivity index (χ0) is 11.5. The topological polar surface area (TPSA) is 29.3 Å². The normalized spacial score (nSPS) is 21.2. The van der Waals surface area contributed by atoms with Crippen molar-refractivity contribution in [3.8, 4) is 0 Å². The lowest BCUT2D eigenvalue weighted by Crippen LogP contribution is -2.38. The van der Waals surface area contributed by atoms with Gasteiger partial charge in [0.2, 0.25) is 0 Å². The maximum Gasteiger partial charge on any atom is 0.0593 e. The minimum atomic E-state index is 0.253. The fourth-order valence-electron chi connectivity index (χ4n) is 2.39. The molecule has 0 amide bonds. The molecule has 2 nitrogen and oxygen atoms in total. The predicted octanol–water partition coefficient (Wildman–Crippen LogP) is 3.38. The largest absolute Gasteiger partial charge is 0.326 e. The minimum absolute atomic E-state index is 0.253. The van der Waals surface area contributed by atoms with Crippen LogP contribution < -0.4 is 5.73 Å². The van der Waals surface area contributed by atoms with Crippen LogP contribution in [0.5, 0.6) is 0 Å². The van der Waals surface area contributed by atoms with Crippen molar-refractivity contribution in [3.63, 3.8) is 0 Å². The zero-order valence-electron chi connectivity index (χ0n) is 9.66. The highest BCUT2D eigenvalue weighted by Gasteiger charge is 2.28. The van der Waals surface area contributed by atoms with Gasteiger partial charge >= 0.3 is 0 Å². The van der Waals surface area contributed by atoms with Crippen molar-refractivity contribution < 1.29 is 0 Å². The summed E-state index contributed by atoms with van der Waals surface area (Å²) in [5, 5.41) is 2.15. The Hall–Kier alpha value is 0.1000. The highest BCUT2D eigenvalue weighted by molar-refractivity contribution is 9.10. The summed E-state index contributed by atoms with van der Waals surface area (Å²) in [7, 11) is 0. The Morgan fingerprint density at radius 1 is 1.50 bits per heavy atom. The lowest BCUT2D eigenvalue weighted by molar-refractivity contribution is 0.213. The molecule has 0 bridgehead atoms. The molecule has 1 aromatic heterocycles. The van der Waals surface area contributed by atoms with Crippen LogP contribution in [0.2, 0.25) is 0 Å². The SMILES string of the molecule is CCC(N)C(c1cc(Br)cs1)N1CCCC1. The highest BCUT2D eigenvalue weighted by atomic mass is 79.9. The Morgan fingerprint density at radius 2 is 2.19 bits per heavy atom. The van der Waals surface area contributed by atoms with E-state index in [1.54, 1.807) is 0 Å². The van der Waals surface area contributed by atoms with E-state index in [0.29, 0.717) is 6.04 Å². The van der Waals surface area contributed by atoms with Gasteiger partial charge in [-0.2, -0.15) is 0 Å². The average Bonchev–Trinajstić information content (AvgIpc) is 2.91. The molecule has 2 rings (SSSR count). The van der Waals surface area contributed by atoms with Crippen molar-refractivity contribution in [2.45, 2.75) is 38.3 Å². The maximum atomic E-state index is 6.29. The molecule has 0 aliphatic carbocycles. The first kappa shape index (κ1) is 12.6. The number of likely N-dealkylation sites (tertiary alicyclic amines) is 1. The lowest BCUT2D eigenvalue weighted by atomic mass is 10.0. The molecule has 16 heavy (non-hydrogen) atoms. The summed E-state index contributed by atoms with van der Waals surface area (Å²) in [5.74, 6) is 0. The van der Waals surface area contributed by atoms with Gasteiger partial charge < -0.3 is 5.73 Å². The predicted molar refractivity (Wildman–Crippen MR) is 73.8 cm³/mol. The van der Waals surface area contributed by atoms with Crippen LogP contribution in [0, 0.1) is 0 Å². The molecule has 2 N–H and O–H groups in total. The smallest absolute Gasteiger partial charge is 0.0593 e. The summed E-state index contributed by atoms with van der Waals surface area (Å²) >= 11 is 5.35. The average molecular weight is 303 g/mol. The van der Waals surface area contributed by atoms with Gasteiger partial charge in [0.1, 0.15) is 0 Å². The molecule has 4 heteroatoms.